The van der Waals surface area contributed by atoms with E-state index >= 15 is 0 Å². The van der Waals surface area contributed by atoms with Crippen molar-refractivity contribution >= 4 is 35.1 Å². The van der Waals surface area contributed by atoms with Crippen molar-refractivity contribution < 1.29 is 23.9 Å². The minimum atomic E-state index is -1.31. The SMILES string of the molecule is CC(C)NC(=O)c1ccc(Cl)c(NC=C2C(=O)OC(C)(C)OC2=O)c1. The summed E-state index contributed by atoms with van der Waals surface area (Å²) in [5.74, 6) is -3.18. The maximum atomic E-state index is 12.1. The number of carbonyl (C=O) groups is 3. The van der Waals surface area contributed by atoms with Crippen LogP contribution in [0.4, 0.5) is 5.69 Å². The molecule has 0 aliphatic carbocycles. The number of hydrogen-bond donors (Lipinski definition) is 2. The average molecular weight is 367 g/mol. The first-order chi connectivity index (χ1) is 11.6. The fourth-order valence-electron chi connectivity index (χ4n) is 2.05. The van der Waals surface area contributed by atoms with E-state index < -0.39 is 17.7 Å². The van der Waals surface area contributed by atoms with Crippen molar-refractivity contribution in [1.29, 1.82) is 0 Å². The van der Waals surface area contributed by atoms with Crippen LogP contribution in [0.5, 0.6) is 0 Å². The number of carbonyl (C=O) groups excluding carboxylic acids is 3. The van der Waals surface area contributed by atoms with Gasteiger partial charge in [-0.15, -0.1) is 0 Å². The molecule has 0 radical (unpaired) electrons. The summed E-state index contributed by atoms with van der Waals surface area (Å²) >= 11 is 6.09. The number of esters is 2. The van der Waals surface area contributed by atoms with Crippen molar-refractivity contribution in [3.05, 3.63) is 40.6 Å². The Kier molecular flexibility index (Phi) is 5.37. The number of anilines is 1. The smallest absolute Gasteiger partial charge is 0.350 e. The van der Waals surface area contributed by atoms with Gasteiger partial charge in [0.25, 0.3) is 11.7 Å². The second-order valence-electron chi connectivity index (χ2n) is 6.20. The number of nitrogens with one attached hydrogen (secondary N) is 2. The molecule has 1 fully saturated rings. The molecule has 1 aromatic carbocycles. The van der Waals surface area contributed by atoms with E-state index in [9.17, 15) is 14.4 Å². The Morgan fingerprint density at radius 2 is 1.80 bits per heavy atom. The van der Waals surface area contributed by atoms with Gasteiger partial charge in [-0.3, -0.25) is 4.79 Å². The lowest BCUT2D eigenvalue weighted by atomic mass is 10.1. The normalized spacial score (nSPS) is 16.2. The minimum Gasteiger partial charge on any atom is -0.419 e. The van der Waals surface area contributed by atoms with E-state index in [4.69, 9.17) is 21.1 Å². The Morgan fingerprint density at radius 3 is 2.36 bits per heavy atom. The van der Waals surface area contributed by atoms with Gasteiger partial charge in [0.15, 0.2) is 5.57 Å². The largest absolute Gasteiger partial charge is 0.419 e. The molecule has 1 amide bonds. The summed E-state index contributed by atoms with van der Waals surface area (Å²) in [7, 11) is 0. The molecule has 25 heavy (non-hydrogen) atoms. The van der Waals surface area contributed by atoms with E-state index in [0.29, 0.717) is 16.3 Å². The molecule has 0 aromatic heterocycles. The van der Waals surface area contributed by atoms with Gasteiger partial charge in [0, 0.05) is 31.7 Å². The molecule has 8 heteroatoms. The molecule has 1 aliphatic heterocycles. The van der Waals surface area contributed by atoms with Crippen LogP contribution in [-0.2, 0) is 19.1 Å². The first-order valence-electron chi connectivity index (χ1n) is 7.63. The zero-order chi connectivity index (χ0) is 18.8. The third kappa shape index (κ3) is 4.73. The Hall–Kier alpha value is -2.54. The highest BCUT2D eigenvalue weighted by Crippen LogP contribution is 2.26. The van der Waals surface area contributed by atoms with Gasteiger partial charge >= 0.3 is 11.9 Å². The number of amides is 1. The average Bonchev–Trinajstić information content (AvgIpc) is 2.46. The van der Waals surface area contributed by atoms with Gasteiger partial charge in [-0.1, -0.05) is 11.6 Å². The lowest BCUT2D eigenvalue weighted by molar-refractivity contribution is -0.222. The highest BCUT2D eigenvalue weighted by atomic mass is 35.5. The number of benzene rings is 1. The summed E-state index contributed by atoms with van der Waals surface area (Å²) in [5, 5.41) is 5.82. The quantitative estimate of drug-likeness (QED) is 0.483. The van der Waals surface area contributed by atoms with Gasteiger partial charge in [0.1, 0.15) is 0 Å². The van der Waals surface area contributed by atoms with Crippen LogP contribution in [0.1, 0.15) is 38.1 Å². The second-order valence-corrected chi connectivity index (χ2v) is 6.61. The number of rotatable bonds is 4. The van der Waals surface area contributed by atoms with Crippen LogP contribution >= 0.6 is 11.6 Å². The standard InChI is InChI=1S/C17H19ClN2O5/c1-9(2)20-14(21)10-5-6-12(18)13(7-10)19-8-11-15(22)24-17(3,4)25-16(11)23/h5-9,19H,1-4H3,(H,20,21). The third-order valence-corrected chi connectivity index (χ3v) is 3.47. The fraction of sp³-hybridized carbons (Fsp3) is 0.353. The van der Waals surface area contributed by atoms with Gasteiger partial charge < -0.3 is 20.1 Å². The molecule has 1 aliphatic rings. The summed E-state index contributed by atoms with van der Waals surface area (Å²) in [6, 6.07) is 4.61. The Balaban J connectivity index is 2.21. The maximum Gasteiger partial charge on any atom is 0.350 e. The molecule has 2 N–H and O–H groups in total. The van der Waals surface area contributed by atoms with E-state index in [2.05, 4.69) is 10.6 Å². The van der Waals surface area contributed by atoms with Gasteiger partial charge in [-0.25, -0.2) is 9.59 Å². The first kappa shape index (κ1) is 18.8. The highest BCUT2D eigenvalue weighted by molar-refractivity contribution is 6.33. The Labute approximate surface area is 150 Å². The maximum absolute atomic E-state index is 12.1. The number of hydrogen-bond acceptors (Lipinski definition) is 6. The fourth-order valence-corrected chi connectivity index (χ4v) is 2.22. The Bertz CT molecular complexity index is 733. The summed E-state index contributed by atoms with van der Waals surface area (Å²) in [6.45, 7) is 6.61. The molecule has 0 unspecified atom stereocenters. The molecular formula is C17H19ClN2O5. The molecule has 1 saturated heterocycles. The zero-order valence-corrected chi connectivity index (χ0v) is 15.1. The van der Waals surface area contributed by atoms with Gasteiger partial charge in [0.05, 0.1) is 10.7 Å². The van der Waals surface area contributed by atoms with Gasteiger partial charge in [0.2, 0.25) is 0 Å². The van der Waals surface area contributed by atoms with Crippen molar-refractivity contribution in [3.8, 4) is 0 Å². The summed E-state index contributed by atoms with van der Waals surface area (Å²) in [5.41, 5.74) is 0.442. The molecule has 0 bridgehead atoms. The topological polar surface area (TPSA) is 93.7 Å². The number of halogens is 1. The van der Waals surface area contributed by atoms with Crippen molar-refractivity contribution in [1.82, 2.24) is 5.32 Å². The van der Waals surface area contributed by atoms with Crippen LogP contribution in [0.2, 0.25) is 5.02 Å². The monoisotopic (exact) mass is 366 g/mol. The number of ether oxygens (including phenoxy) is 2. The van der Waals surface area contributed by atoms with E-state index in [1.165, 1.54) is 26.0 Å². The van der Waals surface area contributed by atoms with E-state index in [1.54, 1.807) is 6.07 Å². The molecule has 134 valence electrons. The van der Waals surface area contributed by atoms with Crippen molar-refractivity contribution in [2.24, 2.45) is 0 Å². The van der Waals surface area contributed by atoms with E-state index in [0.717, 1.165) is 6.20 Å². The van der Waals surface area contributed by atoms with Crippen LogP contribution in [0.15, 0.2) is 30.0 Å². The molecule has 1 heterocycles. The zero-order valence-electron chi connectivity index (χ0n) is 14.3. The van der Waals surface area contributed by atoms with Crippen LogP contribution in [0, 0.1) is 0 Å². The number of cyclic esters (lactones) is 2. The van der Waals surface area contributed by atoms with Gasteiger partial charge in [-0.2, -0.15) is 0 Å². The molecule has 0 saturated carbocycles. The van der Waals surface area contributed by atoms with Crippen LogP contribution in [0.25, 0.3) is 0 Å². The van der Waals surface area contributed by atoms with E-state index in [1.807, 2.05) is 13.8 Å². The van der Waals surface area contributed by atoms with Gasteiger partial charge in [-0.05, 0) is 32.0 Å². The summed E-state index contributed by atoms with van der Waals surface area (Å²) < 4.78 is 9.99. The van der Waals surface area contributed by atoms with Crippen molar-refractivity contribution in [2.45, 2.75) is 39.5 Å². The third-order valence-electron chi connectivity index (χ3n) is 3.14. The predicted octanol–water partition coefficient (Wildman–Crippen LogP) is 2.61. The molecular weight excluding hydrogens is 348 g/mol. The molecule has 0 atom stereocenters. The van der Waals surface area contributed by atoms with Crippen LogP contribution in [0.3, 0.4) is 0 Å². The van der Waals surface area contributed by atoms with Crippen molar-refractivity contribution in [2.75, 3.05) is 5.32 Å². The van der Waals surface area contributed by atoms with Crippen molar-refractivity contribution in [3.63, 3.8) is 0 Å². The highest BCUT2D eigenvalue weighted by Gasteiger charge is 2.38. The first-order valence-corrected chi connectivity index (χ1v) is 8.00. The summed E-state index contributed by atoms with van der Waals surface area (Å²) in [4.78, 5) is 35.8. The van der Waals surface area contributed by atoms with Crippen LogP contribution < -0.4 is 10.6 Å². The molecule has 0 spiro atoms. The predicted molar refractivity (Wildman–Crippen MR) is 92.0 cm³/mol. The molecule has 1 aromatic rings. The van der Waals surface area contributed by atoms with Crippen LogP contribution in [-0.4, -0.2) is 29.7 Å². The minimum absolute atomic E-state index is 0.0168. The lowest BCUT2D eigenvalue weighted by Gasteiger charge is -2.29. The van der Waals surface area contributed by atoms with E-state index in [-0.39, 0.29) is 17.5 Å². The Morgan fingerprint density at radius 1 is 1.20 bits per heavy atom. The molecule has 7 nitrogen and oxygen atoms in total. The lowest BCUT2D eigenvalue weighted by Crippen LogP contribution is -2.42. The summed E-state index contributed by atoms with van der Waals surface area (Å²) in [6.07, 6.45) is 1.14. The molecule has 2 rings (SSSR count). The second kappa shape index (κ2) is 7.14.